The molecule has 0 aromatic carbocycles. The molecule has 0 fully saturated rings. The van der Waals surface area contributed by atoms with E-state index >= 15 is 0 Å². The van der Waals surface area contributed by atoms with Crippen LogP contribution in [0.25, 0.3) is 0 Å². The second-order valence-electron chi connectivity index (χ2n) is 2.55. The van der Waals surface area contributed by atoms with Crippen LogP contribution in [-0.4, -0.2) is 10.2 Å². The van der Waals surface area contributed by atoms with Crippen molar-refractivity contribution in [3.63, 3.8) is 0 Å². The summed E-state index contributed by atoms with van der Waals surface area (Å²) in [6.45, 7) is 0.658. The van der Waals surface area contributed by atoms with E-state index < -0.39 is 0 Å². The third-order valence-corrected chi connectivity index (χ3v) is 2.02. The number of aromatic amines is 1. The average molecular weight is 242 g/mol. The molecule has 0 aliphatic carbocycles. The van der Waals surface area contributed by atoms with Crippen molar-refractivity contribution in [3.8, 4) is 0 Å². The quantitative estimate of drug-likeness (QED) is 0.868. The van der Waals surface area contributed by atoms with Gasteiger partial charge in [-0.2, -0.15) is 5.10 Å². The molecule has 0 spiro atoms. The van der Waals surface area contributed by atoms with Crippen LogP contribution in [0.1, 0.15) is 5.76 Å². The predicted molar refractivity (Wildman–Crippen MR) is 52.3 cm³/mol. The molecule has 0 saturated heterocycles. The van der Waals surface area contributed by atoms with Gasteiger partial charge in [0.2, 0.25) is 0 Å². The molecule has 2 aromatic heterocycles. The minimum Gasteiger partial charge on any atom is -0.452 e. The second-order valence-corrected chi connectivity index (χ2v) is 3.33. The van der Waals surface area contributed by atoms with Gasteiger partial charge in [0.1, 0.15) is 5.76 Å². The van der Waals surface area contributed by atoms with Crippen LogP contribution >= 0.6 is 15.9 Å². The molecular weight excluding hydrogens is 234 g/mol. The lowest BCUT2D eigenvalue weighted by molar-refractivity contribution is 0.495. The van der Waals surface area contributed by atoms with Crippen LogP contribution in [0.5, 0.6) is 0 Å². The van der Waals surface area contributed by atoms with Crippen LogP contribution in [0.3, 0.4) is 0 Å². The fraction of sp³-hybridized carbons (Fsp3) is 0.125. The fourth-order valence-electron chi connectivity index (χ4n) is 0.983. The van der Waals surface area contributed by atoms with E-state index in [0.29, 0.717) is 6.54 Å². The number of furan rings is 1. The van der Waals surface area contributed by atoms with E-state index in [1.807, 2.05) is 12.1 Å². The van der Waals surface area contributed by atoms with Crippen LogP contribution in [0.2, 0.25) is 0 Å². The fourth-order valence-corrected chi connectivity index (χ4v) is 1.32. The molecule has 0 bridgehead atoms. The Kier molecular flexibility index (Phi) is 2.35. The Balaban J connectivity index is 1.93. The highest BCUT2D eigenvalue weighted by Gasteiger charge is 1.99. The van der Waals surface area contributed by atoms with E-state index in [-0.39, 0.29) is 0 Å². The summed E-state index contributed by atoms with van der Waals surface area (Å²) in [5.41, 5.74) is 0.951. The van der Waals surface area contributed by atoms with Gasteiger partial charge < -0.3 is 9.73 Å². The van der Waals surface area contributed by atoms with Gasteiger partial charge >= 0.3 is 0 Å². The largest absolute Gasteiger partial charge is 0.452 e. The van der Waals surface area contributed by atoms with Crippen molar-refractivity contribution in [1.82, 2.24) is 10.2 Å². The highest BCUT2D eigenvalue weighted by Crippen LogP contribution is 2.15. The van der Waals surface area contributed by atoms with Crippen molar-refractivity contribution in [2.75, 3.05) is 5.32 Å². The van der Waals surface area contributed by atoms with Crippen LogP contribution < -0.4 is 5.32 Å². The van der Waals surface area contributed by atoms with Crippen LogP contribution in [0.4, 0.5) is 5.69 Å². The maximum Gasteiger partial charge on any atom is 0.169 e. The zero-order valence-corrected chi connectivity index (χ0v) is 8.34. The molecular formula is C8H8BrN3O. The number of anilines is 1. The molecule has 0 saturated carbocycles. The summed E-state index contributed by atoms with van der Waals surface area (Å²) in [5, 5.41) is 9.68. The summed E-state index contributed by atoms with van der Waals surface area (Å²) >= 11 is 3.24. The Morgan fingerprint density at radius 2 is 2.46 bits per heavy atom. The molecule has 68 valence electrons. The standard InChI is InChI=1S/C8H8BrN3O/c9-8-2-1-7(13-8)5-10-6-3-11-12-4-6/h1-4,10H,5H2,(H,11,12). The Morgan fingerprint density at radius 3 is 3.08 bits per heavy atom. The monoisotopic (exact) mass is 241 g/mol. The van der Waals surface area contributed by atoms with Crippen LogP contribution in [-0.2, 0) is 6.54 Å². The zero-order chi connectivity index (χ0) is 9.10. The number of hydrogen-bond acceptors (Lipinski definition) is 3. The lowest BCUT2D eigenvalue weighted by atomic mass is 10.4. The predicted octanol–water partition coefficient (Wildman–Crippen LogP) is 2.38. The number of aromatic nitrogens is 2. The van der Waals surface area contributed by atoms with Gasteiger partial charge in [-0.25, -0.2) is 0 Å². The Morgan fingerprint density at radius 1 is 1.54 bits per heavy atom. The van der Waals surface area contributed by atoms with Crippen molar-refractivity contribution >= 4 is 21.6 Å². The zero-order valence-electron chi connectivity index (χ0n) is 6.75. The van der Waals surface area contributed by atoms with Crippen molar-refractivity contribution < 1.29 is 4.42 Å². The molecule has 4 nitrogen and oxygen atoms in total. The maximum absolute atomic E-state index is 5.31. The molecule has 0 unspecified atom stereocenters. The Bertz CT molecular complexity index is 368. The molecule has 0 aliphatic heterocycles. The van der Waals surface area contributed by atoms with Gasteiger partial charge in [0, 0.05) is 6.20 Å². The topological polar surface area (TPSA) is 53.9 Å². The molecule has 0 radical (unpaired) electrons. The van der Waals surface area contributed by atoms with E-state index in [1.54, 1.807) is 12.4 Å². The van der Waals surface area contributed by atoms with E-state index in [0.717, 1.165) is 16.1 Å². The van der Waals surface area contributed by atoms with Gasteiger partial charge in [-0.15, -0.1) is 0 Å². The van der Waals surface area contributed by atoms with Crippen molar-refractivity contribution in [3.05, 3.63) is 35.0 Å². The highest BCUT2D eigenvalue weighted by atomic mass is 79.9. The normalized spacial score (nSPS) is 10.2. The van der Waals surface area contributed by atoms with Gasteiger partial charge in [-0.3, -0.25) is 5.10 Å². The van der Waals surface area contributed by atoms with Gasteiger partial charge in [0.15, 0.2) is 4.67 Å². The summed E-state index contributed by atoms with van der Waals surface area (Å²) in [7, 11) is 0. The number of rotatable bonds is 3. The molecule has 0 amide bonds. The molecule has 2 heterocycles. The van der Waals surface area contributed by atoms with Crippen LogP contribution in [0, 0.1) is 0 Å². The first-order valence-electron chi connectivity index (χ1n) is 3.81. The highest BCUT2D eigenvalue weighted by molar-refractivity contribution is 9.10. The molecule has 5 heteroatoms. The number of halogens is 1. The lowest BCUT2D eigenvalue weighted by Gasteiger charge is -1.98. The van der Waals surface area contributed by atoms with Gasteiger partial charge in [0.25, 0.3) is 0 Å². The average Bonchev–Trinajstić information content (AvgIpc) is 2.71. The van der Waals surface area contributed by atoms with Crippen LogP contribution in [0.15, 0.2) is 33.6 Å². The van der Waals surface area contributed by atoms with Crippen molar-refractivity contribution in [2.45, 2.75) is 6.54 Å². The summed E-state index contributed by atoms with van der Waals surface area (Å²) in [5.74, 6) is 0.882. The second kappa shape index (κ2) is 3.66. The minimum atomic E-state index is 0.658. The summed E-state index contributed by atoms with van der Waals surface area (Å²) in [4.78, 5) is 0. The lowest BCUT2D eigenvalue weighted by Crippen LogP contribution is -1.96. The van der Waals surface area contributed by atoms with E-state index in [9.17, 15) is 0 Å². The van der Waals surface area contributed by atoms with E-state index in [1.165, 1.54) is 0 Å². The first-order valence-corrected chi connectivity index (χ1v) is 4.61. The smallest absolute Gasteiger partial charge is 0.169 e. The number of hydrogen-bond donors (Lipinski definition) is 2. The van der Waals surface area contributed by atoms with Gasteiger partial charge in [0.05, 0.1) is 18.4 Å². The molecule has 2 aromatic rings. The number of nitrogens with zero attached hydrogens (tertiary/aromatic N) is 1. The van der Waals surface area contributed by atoms with Crippen molar-refractivity contribution in [2.24, 2.45) is 0 Å². The summed E-state index contributed by atoms with van der Waals surface area (Å²) in [6, 6.07) is 3.78. The van der Waals surface area contributed by atoms with E-state index in [4.69, 9.17) is 4.42 Å². The summed E-state index contributed by atoms with van der Waals surface area (Å²) in [6.07, 6.45) is 3.51. The Hall–Kier alpha value is -1.23. The third-order valence-electron chi connectivity index (χ3n) is 1.59. The molecule has 13 heavy (non-hydrogen) atoms. The number of H-pyrrole nitrogens is 1. The molecule has 2 N–H and O–H groups in total. The number of nitrogens with one attached hydrogen (secondary N) is 2. The maximum atomic E-state index is 5.31. The van der Waals surface area contributed by atoms with E-state index in [2.05, 4.69) is 31.4 Å². The summed E-state index contributed by atoms with van der Waals surface area (Å²) < 4.78 is 6.05. The third kappa shape index (κ3) is 2.12. The molecule has 2 rings (SSSR count). The Labute approximate surface area is 83.5 Å². The van der Waals surface area contributed by atoms with Crippen molar-refractivity contribution in [1.29, 1.82) is 0 Å². The minimum absolute atomic E-state index is 0.658. The molecule has 0 atom stereocenters. The first kappa shape index (κ1) is 8.37. The van der Waals surface area contributed by atoms with Gasteiger partial charge in [-0.05, 0) is 28.1 Å². The van der Waals surface area contributed by atoms with Gasteiger partial charge in [-0.1, -0.05) is 0 Å². The molecule has 0 aliphatic rings. The SMILES string of the molecule is Brc1ccc(CNc2cn[nH]c2)o1. The first-order chi connectivity index (χ1) is 6.34.